The molecule has 1 atom stereocenters. The molecule has 0 aromatic heterocycles. The molecule has 3 aromatic carbocycles. The maximum Gasteiger partial charge on any atom is 0.343 e. The van der Waals surface area contributed by atoms with Gasteiger partial charge in [-0.05, 0) is 68.8 Å². The highest BCUT2D eigenvalue weighted by Crippen LogP contribution is 2.37. The molecule has 0 radical (unpaired) electrons. The zero-order chi connectivity index (χ0) is 29.4. The van der Waals surface area contributed by atoms with Gasteiger partial charge in [-0.3, -0.25) is 9.69 Å². The Morgan fingerprint density at radius 2 is 1.71 bits per heavy atom. The average molecular weight is 601 g/mol. The second kappa shape index (κ2) is 14.2. The highest BCUT2D eigenvalue weighted by atomic mass is 35.5. The third-order valence-corrected chi connectivity index (χ3v) is 7.32. The fraction of sp³-hybridized carbons (Fsp3) is 0.355. The van der Waals surface area contributed by atoms with Crippen LogP contribution in [0.15, 0.2) is 66.7 Å². The van der Waals surface area contributed by atoms with Crippen molar-refractivity contribution in [2.75, 3.05) is 31.6 Å². The molecule has 0 aliphatic carbocycles. The molecule has 0 unspecified atom stereocenters. The molecule has 3 aromatic rings. The first-order valence-electron chi connectivity index (χ1n) is 13.5. The molecule has 41 heavy (non-hydrogen) atoms. The van der Waals surface area contributed by atoms with Crippen molar-refractivity contribution in [2.24, 2.45) is 0 Å². The van der Waals surface area contributed by atoms with Gasteiger partial charge in [0, 0.05) is 37.1 Å². The van der Waals surface area contributed by atoms with E-state index < -0.39 is 11.6 Å². The second-order valence-corrected chi connectivity index (χ2v) is 11.4. The van der Waals surface area contributed by atoms with Crippen molar-refractivity contribution in [3.63, 3.8) is 0 Å². The van der Waals surface area contributed by atoms with Crippen LogP contribution in [0.5, 0.6) is 11.5 Å². The number of esters is 1. The van der Waals surface area contributed by atoms with Crippen LogP contribution in [0.25, 0.3) is 0 Å². The van der Waals surface area contributed by atoms with E-state index >= 15 is 0 Å². The monoisotopic (exact) mass is 599 g/mol. The van der Waals surface area contributed by atoms with E-state index in [1.165, 1.54) is 24.6 Å². The van der Waals surface area contributed by atoms with Crippen molar-refractivity contribution in [3.8, 4) is 11.5 Å². The van der Waals surface area contributed by atoms with Gasteiger partial charge in [-0.15, -0.1) is 0 Å². The van der Waals surface area contributed by atoms with E-state index in [2.05, 4.69) is 27.7 Å². The summed E-state index contributed by atoms with van der Waals surface area (Å²) in [6.07, 6.45) is 1.93. The summed E-state index contributed by atoms with van der Waals surface area (Å²) in [4.78, 5) is 26.8. The van der Waals surface area contributed by atoms with Gasteiger partial charge < -0.3 is 25.2 Å². The number of carbonyl (C=O) groups is 2. The van der Waals surface area contributed by atoms with Gasteiger partial charge in [0.2, 0.25) is 5.91 Å². The maximum absolute atomic E-state index is 12.6. The Balaban J connectivity index is 1.32. The molecule has 1 amide bonds. The van der Waals surface area contributed by atoms with Gasteiger partial charge in [-0.1, -0.05) is 53.5 Å². The standard InChI is InChI=1S/C31H35Cl2N3O5/c1-21(37)35-27-16-26(33)28(41-30(38)23-6-4-3-5-7-23)17-29(27)40-20-31(2,39)19-34-25-12-14-36(15-13-25)18-22-8-10-24(32)11-9-22/h3-11,16-17,25,34,39H,12-15,18-20H2,1-2H3,(H,35,37)/t31-/m0/s1. The van der Waals surface area contributed by atoms with Crippen molar-refractivity contribution in [2.45, 2.75) is 44.9 Å². The van der Waals surface area contributed by atoms with Crippen molar-refractivity contribution in [1.29, 1.82) is 0 Å². The predicted molar refractivity (Wildman–Crippen MR) is 161 cm³/mol. The Morgan fingerprint density at radius 3 is 2.37 bits per heavy atom. The fourth-order valence-corrected chi connectivity index (χ4v) is 4.87. The molecule has 1 fully saturated rings. The number of carbonyl (C=O) groups excluding carboxylic acids is 2. The van der Waals surface area contributed by atoms with Crippen LogP contribution in [-0.4, -0.2) is 59.8 Å². The van der Waals surface area contributed by atoms with E-state index in [9.17, 15) is 14.7 Å². The van der Waals surface area contributed by atoms with E-state index in [1.807, 2.05) is 12.1 Å². The number of hydrogen-bond acceptors (Lipinski definition) is 7. The fourth-order valence-electron chi connectivity index (χ4n) is 4.54. The number of ether oxygens (including phenoxy) is 2. The van der Waals surface area contributed by atoms with Crippen LogP contribution >= 0.6 is 23.2 Å². The first-order valence-corrected chi connectivity index (χ1v) is 14.3. The molecule has 3 N–H and O–H groups in total. The quantitative estimate of drug-likeness (QED) is 0.196. The Labute approximate surface area is 250 Å². The van der Waals surface area contributed by atoms with Crippen molar-refractivity contribution < 1.29 is 24.2 Å². The second-order valence-electron chi connectivity index (χ2n) is 10.6. The number of halogens is 2. The highest BCUT2D eigenvalue weighted by Gasteiger charge is 2.26. The van der Waals surface area contributed by atoms with Crippen molar-refractivity contribution in [3.05, 3.63) is 87.9 Å². The Bertz CT molecular complexity index is 1330. The van der Waals surface area contributed by atoms with Gasteiger partial charge >= 0.3 is 5.97 Å². The van der Waals surface area contributed by atoms with Crippen LogP contribution in [0.4, 0.5) is 5.69 Å². The van der Waals surface area contributed by atoms with Gasteiger partial charge in [0.25, 0.3) is 0 Å². The van der Waals surface area contributed by atoms with E-state index in [4.69, 9.17) is 32.7 Å². The molecule has 218 valence electrons. The van der Waals surface area contributed by atoms with Crippen molar-refractivity contribution in [1.82, 2.24) is 10.2 Å². The number of amides is 1. The minimum Gasteiger partial charge on any atom is -0.488 e. The zero-order valence-electron chi connectivity index (χ0n) is 23.2. The SMILES string of the molecule is CC(=O)Nc1cc(Cl)c(OC(=O)c2ccccc2)cc1OC[C@@](C)(O)CNC1CCN(Cc2ccc(Cl)cc2)CC1. The highest BCUT2D eigenvalue weighted by molar-refractivity contribution is 6.32. The summed E-state index contributed by atoms with van der Waals surface area (Å²) < 4.78 is 11.4. The minimum atomic E-state index is -1.21. The smallest absolute Gasteiger partial charge is 0.343 e. The first-order chi connectivity index (χ1) is 19.6. The molecular formula is C31H35Cl2N3O5. The van der Waals surface area contributed by atoms with Crippen LogP contribution in [0.1, 0.15) is 42.6 Å². The molecular weight excluding hydrogens is 565 g/mol. The summed E-state index contributed by atoms with van der Waals surface area (Å²) in [5.41, 5.74) is 0.689. The number of nitrogens with zero attached hydrogens (tertiary/aromatic N) is 1. The maximum atomic E-state index is 12.6. The lowest BCUT2D eigenvalue weighted by Crippen LogP contribution is -2.49. The largest absolute Gasteiger partial charge is 0.488 e. The van der Waals surface area contributed by atoms with Crippen LogP contribution in [0.3, 0.4) is 0 Å². The number of benzene rings is 3. The summed E-state index contributed by atoms with van der Waals surface area (Å²) in [6.45, 7) is 6.07. The van der Waals surface area contributed by atoms with Crippen LogP contribution in [0, 0.1) is 0 Å². The summed E-state index contributed by atoms with van der Waals surface area (Å²) in [5.74, 6) is -0.610. The van der Waals surface area contributed by atoms with Gasteiger partial charge in [0.1, 0.15) is 18.0 Å². The summed E-state index contributed by atoms with van der Waals surface area (Å²) in [5, 5.41) is 18.1. The Morgan fingerprint density at radius 1 is 1.02 bits per heavy atom. The van der Waals surface area contributed by atoms with Gasteiger partial charge in [0.15, 0.2) is 5.75 Å². The lowest BCUT2D eigenvalue weighted by Gasteiger charge is -2.34. The molecule has 4 rings (SSSR count). The molecule has 1 heterocycles. The Hall–Kier alpha value is -3.14. The molecule has 0 spiro atoms. The van der Waals surface area contributed by atoms with Crippen LogP contribution in [-0.2, 0) is 11.3 Å². The Kier molecular flexibility index (Phi) is 10.6. The van der Waals surface area contributed by atoms with E-state index in [0.29, 0.717) is 17.8 Å². The molecule has 8 nitrogen and oxygen atoms in total. The van der Waals surface area contributed by atoms with E-state index in [1.54, 1.807) is 37.3 Å². The number of likely N-dealkylation sites (tertiary alicyclic amines) is 1. The molecule has 1 aliphatic rings. The average Bonchev–Trinajstić information content (AvgIpc) is 2.95. The number of aliphatic hydroxyl groups is 1. The number of rotatable bonds is 11. The summed E-state index contributed by atoms with van der Waals surface area (Å²) >= 11 is 12.3. The lowest BCUT2D eigenvalue weighted by molar-refractivity contribution is -0.114. The lowest BCUT2D eigenvalue weighted by atomic mass is 10.0. The first kappa shape index (κ1) is 30.8. The normalized spacial score (nSPS) is 15.6. The molecule has 1 aliphatic heterocycles. The zero-order valence-corrected chi connectivity index (χ0v) is 24.7. The third kappa shape index (κ3) is 9.45. The molecule has 0 saturated carbocycles. The van der Waals surface area contributed by atoms with Crippen LogP contribution in [0.2, 0.25) is 10.0 Å². The van der Waals surface area contributed by atoms with E-state index in [0.717, 1.165) is 37.5 Å². The summed E-state index contributed by atoms with van der Waals surface area (Å²) in [7, 11) is 0. The van der Waals surface area contributed by atoms with Crippen LogP contribution < -0.4 is 20.1 Å². The topological polar surface area (TPSA) is 100 Å². The molecule has 0 bridgehead atoms. The number of anilines is 1. The van der Waals surface area contributed by atoms with E-state index in [-0.39, 0.29) is 35.1 Å². The molecule has 10 heteroatoms. The molecule has 1 saturated heterocycles. The third-order valence-electron chi connectivity index (χ3n) is 6.77. The summed E-state index contributed by atoms with van der Waals surface area (Å²) in [6, 6.07) is 19.6. The minimum absolute atomic E-state index is 0.0737. The number of piperidine rings is 1. The van der Waals surface area contributed by atoms with Crippen molar-refractivity contribution >= 4 is 40.8 Å². The van der Waals surface area contributed by atoms with Gasteiger partial charge in [-0.25, -0.2) is 4.79 Å². The predicted octanol–water partition coefficient (Wildman–Crippen LogP) is 5.56. The number of hydrogen-bond donors (Lipinski definition) is 3. The van der Waals surface area contributed by atoms with Gasteiger partial charge in [-0.2, -0.15) is 0 Å². The van der Waals surface area contributed by atoms with Gasteiger partial charge in [0.05, 0.1) is 16.3 Å². The number of nitrogens with one attached hydrogen (secondary N) is 2.